The van der Waals surface area contributed by atoms with Crippen LogP contribution in [0, 0.1) is 5.82 Å². The quantitative estimate of drug-likeness (QED) is 0.902. The van der Waals surface area contributed by atoms with Gasteiger partial charge in [0.05, 0.1) is 6.26 Å². The van der Waals surface area contributed by atoms with E-state index in [-0.39, 0.29) is 5.82 Å². The van der Waals surface area contributed by atoms with Crippen LogP contribution in [0.1, 0.15) is 18.5 Å². The molecule has 1 aromatic carbocycles. The number of halogens is 1. The van der Waals surface area contributed by atoms with Crippen molar-refractivity contribution in [3.8, 4) is 0 Å². The van der Waals surface area contributed by atoms with Gasteiger partial charge in [-0.1, -0.05) is 6.07 Å². The molecule has 0 radical (unpaired) electrons. The van der Waals surface area contributed by atoms with Gasteiger partial charge in [0.15, 0.2) is 0 Å². The molecule has 112 valence electrons. The van der Waals surface area contributed by atoms with Crippen molar-refractivity contribution in [1.29, 1.82) is 0 Å². The van der Waals surface area contributed by atoms with Crippen LogP contribution in [0.25, 0.3) is 0 Å². The number of hydrogen-bond donors (Lipinski definition) is 1. The van der Waals surface area contributed by atoms with Gasteiger partial charge in [0.1, 0.15) is 5.82 Å². The van der Waals surface area contributed by atoms with Crippen LogP contribution in [-0.4, -0.2) is 45.2 Å². The average Bonchev–Trinajstić information content (AvgIpc) is 2.37. The van der Waals surface area contributed by atoms with Crippen LogP contribution in [-0.2, 0) is 10.0 Å². The van der Waals surface area contributed by atoms with E-state index in [1.54, 1.807) is 13.0 Å². The molecule has 1 saturated heterocycles. The van der Waals surface area contributed by atoms with E-state index in [2.05, 4.69) is 0 Å². The van der Waals surface area contributed by atoms with Gasteiger partial charge < -0.3 is 10.6 Å². The minimum Gasteiger partial charge on any atom is -0.369 e. The molecule has 0 saturated carbocycles. The Morgan fingerprint density at radius 1 is 1.25 bits per heavy atom. The Hall–Kier alpha value is -1.18. The largest absolute Gasteiger partial charge is 0.369 e. The van der Waals surface area contributed by atoms with E-state index < -0.39 is 16.1 Å². The van der Waals surface area contributed by atoms with Gasteiger partial charge in [-0.3, -0.25) is 0 Å². The minimum atomic E-state index is -3.16. The van der Waals surface area contributed by atoms with Crippen LogP contribution in [0.5, 0.6) is 0 Å². The summed E-state index contributed by atoms with van der Waals surface area (Å²) in [6.45, 7) is 3.64. The number of nitrogens with zero attached hydrogens (tertiary/aromatic N) is 2. The van der Waals surface area contributed by atoms with Crippen molar-refractivity contribution in [3.05, 3.63) is 29.6 Å². The molecule has 0 amide bonds. The lowest BCUT2D eigenvalue weighted by atomic mass is 10.0. The lowest BCUT2D eigenvalue weighted by Crippen LogP contribution is -2.48. The predicted octanol–water partition coefficient (Wildman–Crippen LogP) is 0.927. The fourth-order valence-electron chi connectivity index (χ4n) is 2.51. The molecule has 0 aliphatic carbocycles. The van der Waals surface area contributed by atoms with Gasteiger partial charge in [-0.25, -0.2) is 12.8 Å². The highest BCUT2D eigenvalue weighted by atomic mass is 32.2. The first kappa shape index (κ1) is 15.2. The first-order valence-electron chi connectivity index (χ1n) is 6.55. The van der Waals surface area contributed by atoms with E-state index in [1.165, 1.54) is 16.6 Å². The van der Waals surface area contributed by atoms with Crippen molar-refractivity contribution < 1.29 is 12.8 Å². The second-order valence-electron chi connectivity index (χ2n) is 5.11. The predicted molar refractivity (Wildman–Crippen MR) is 77.6 cm³/mol. The van der Waals surface area contributed by atoms with Gasteiger partial charge >= 0.3 is 0 Å². The molecule has 2 N–H and O–H groups in total. The van der Waals surface area contributed by atoms with Crippen molar-refractivity contribution in [1.82, 2.24) is 4.31 Å². The van der Waals surface area contributed by atoms with Gasteiger partial charge in [0, 0.05) is 43.5 Å². The summed E-state index contributed by atoms with van der Waals surface area (Å²) in [6.07, 6.45) is 1.21. The molecular formula is C13H20FN3O2S. The normalized spacial score (nSPS) is 19.1. The molecule has 0 bridgehead atoms. The molecule has 1 unspecified atom stereocenters. The second kappa shape index (κ2) is 5.67. The summed E-state index contributed by atoms with van der Waals surface area (Å²) in [6, 6.07) is 4.48. The first-order valence-corrected chi connectivity index (χ1v) is 8.39. The summed E-state index contributed by atoms with van der Waals surface area (Å²) in [5, 5.41) is 0. The van der Waals surface area contributed by atoms with E-state index in [1.807, 2.05) is 11.0 Å². The smallest absolute Gasteiger partial charge is 0.211 e. The molecule has 2 rings (SSSR count). The summed E-state index contributed by atoms with van der Waals surface area (Å²) in [5.74, 6) is -0.317. The third kappa shape index (κ3) is 3.11. The fraction of sp³-hybridized carbons (Fsp3) is 0.538. The van der Waals surface area contributed by atoms with Crippen LogP contribution in [0.2, 0.25) is 0 Å². The monoisotopic (exact) mass is 301 g/mol. The zero-order valence-corrected chi connectivity index (χ0v) is 12.5. The zero-order valence-electron chi connectivity index (χ0n) is 11.7. The van der Waals surface area contributed by atoms with Crippen LogP contribution in [0.4, 0.5) is 10.1 Å². The first-order chi connectivity index (χ1) is 9.30. The molecule has 7 heteroatoms. The fourth-order valence-corrected chi connectivity index (χ4v) is 3.34. The molecular weight excluding hydrogens is 281 g/mol. The zero-order chi connectivity index (χ0) is 14.9. The summed E-state index contributed by atoms with van der Waals surface area (Å²) in [7, 11) is -3.16. The molecule has 1 heterocycles. The number of benzene rings is 1. The molecule has 5 nitrogen and oxygen atoms in total. The molecule has 1 aromatic rings. The maximum atomic E-state index is 13.9. The lowest BCUT2D eigenvalue weighted by molar-refractivity contribution is 0.387. The summed E-state index contributed by atoms with van der Waals surface area (Å²) in [5.41, 5.74) is 7.09. The highest BCUT2D eigenvalue weighted by Gasteiger charge is 2.25. The van der Waals surface area contributed by atoms with E-state index in [0.717, 1.165) is 5.69 Å². The average molecular weight is 301 g/mol. The Morgan fingerprint density at radius 2 is 1.85 bits per heavy atom. The molecule has 1 atom stereocenters. The number of hydrogen-bond acceptors (Lipinski definition) is 4. The highest BCUT2D eigenvalue weighted by molar-refractivity contribution is 7.88. The summed E-state index contributed by atoms with van der Waals surface area (Å²) < 4.78 is 38.3. The third-order valence-electron chi connectivity index (χ3n) is 3.53. The van der Waals surface area contributed by atoms with Gasteiger partial charge in [-0.05, 0) is 19.1 Å². The Morgan fingerprint density at radius 3 is 2.35 bits per heavy atom. The molecule has 0 aromatic heterocycles. The number of sulfonamides is 1. The Kier molecular flexibility index (Phi) is 4.31. The molecule has 1 fully saturated rings. The number of anilines is 1. The molecule has 0 spiro atoms. The van der Waals surface area contributed by atoms with E-state index >= 15 is 0 Å². The highest BCUT2D eigenvalue weighted by Crippen LogP contribution is 2.28. The Labute approximate surface area is 119 Å². The van der Waals surface area contributed by atoms with Crippen molar-refractivity contribution >= 4 is 15.7 Å². The van der Waals surface area contributed by atoms with Gasteiger partial charge in [-0.2, -0.15) is 4.31 Å². The molecule has 1 aliphatic rings. The molecule has 20 heavy (non-hydrogen) atoms. The Balaban J connectivity index is 2.21. The maximum absolute atomic E-state index is 13.9. The van der Waals surface area contributed by atoms with Gasteiger partial charge in [0.25, 0.3) is 0 Å². The van der Waals surface area contributed by atoms with Crippen LogP contribution >= 0.6 is 0 Å². The summed E-state index contributed by atoms with van der Waals surface area (Å²) in [4.78, 5) is 1.99. The van der Waals surface area contributed by atoms with E-state index in [4.69, 9.17) is 5.73 Å². The number of rotatable bonds is 3. The van der Waals surface area contributed by atoms with Crippen molar-refractivity contribution in [3.63, 3.8) is 0 Å². The standard InChI is InChI=1S/C13H20FN3O2S/c1-10(15)13-11(14)4-3-5-12(13)16-6-8-17(9-7-16)20(2,18)19/h3-5,10H,6-9,15H2,1-2H3. The number of nitrogens with two attached hydrogens (primary N) is 1. The minimum absolute atomic E-state index is 0.317. The molecule has 1 aliphatic heterocycles. The van der Waals surface area contributed by atoms with Crippen LogP contribution in [0.15, 0.2) is 18.2 Å². The Bertz CT molecular complexity index is 581. The van der Waals surface area contributed by atoms with Crippen molar-refractivity contribution in [2.24, 2.45) is 5.73 Å². The van der Waals surface area contributed by atoms with E-state index in [9.17, 15) is 12.8 Å². The summed E-state index contributed by atoms with van der Waals surface area (Å²) >= 11 is 0. The maximum Gasteiger partial charge on any atom is 0.211 e. The van der Waals surface area contributed by atoms with Gasteiger partial charge in [-0.15, -0.1) is 0 Å². The van der Waals surface area contributed by atoms with Crippen LogP contribution in [0.3, 0.4) is 0 Å². The lowest BCUT2D eigenvalue weighted by Gasteiger charge is -2.36. The number of piperazine rings is 1. The van der Waals surface area contributed by atoms with Gasteiger partial charge in [0.2, 0.25) is 10.0 Å². The van der Waals surface area contributed by atoms with Crippen molar-refractivity contribution in [2.75, 3.05) is 37.3 Å². The van der Waals surface area contributed by atoms with E-state index in [0.29, 0.717) is 31.7 Å². The topological polar surface area (TPSA) is 66.6 Å². The van der Waals surface area contributed by atoms with Crippen LogP contribution < -0.4 is 10.6 Å². The third-order valence-corrected chi connectivity index (χ3v) is 4.84. The SMILES string of the molecule is CC(N)c1c(F)cccc1N1CCN(S(C)(=O)=O)CC1. The second-order valence-corrected chi connectivity index (χ2v) is 7.09. The van der Waals surface area contributed by atoms with Crippen molar-refractivity contribution in [2.45, 2.75) is 13.0 Å².